The third-order valence-corrected chi connectivity index (χ3v) is 2.91. The summed E-state index contributed by atoms with van der Waals surface area (Å²) in [7, 11) is 0. The van der Waals surface area contributed by atoms with Crippen LogP contribution in [0.25, 0.3) is 0 Å². The highest BCUT2D eigenvalue weighted by Crippen LogP contribution is 2.03. The Morgan fingerprint density at radius 2 is 2.17 bits per heavy atom. The molecule has 2 N–H and O–H groups in total. The molecule has 0 saturated heterocycles. The van der Waals surface area contributed by atoms with E-state index in [0.717, 1.165) is 17.1 Å². The zero-order valence-electron chi connectivity index (χ0n) is 9.61. The SMILES string of the molecule is O=C(NCC(O)Cc1ccccc1)c1csnn1. The lowest BCUT2D eigenvalue weighted by atomic mass is 10.1. The number of carbonyl (C=O) groups excluding carboxylic acids is 1. The molecular weight excluding hydrogens is 250 g/mol. The number of rotatable bonds is 5. The molecular formula is C12H13N3O2S. The summed E-state index contributed by atoms with van der Waals surface area (Å²) in [5.74, 6) is -0.309. The van der Waals surface area contributed by atoms with Gasteiger partial charge in [0.1, 0.15) is 0 Å². The number of aromatic nitrogens is 2. The third kappa shape index (κ3) is 3.61. The van der Waals surface area contributed by atoms with Gasteiger partial charge in [-0.3, -0.25) is 4.79 Å². The molecule has 1 aromatic carbocycles. The highest BCUT2D eigenvalue weighted by molar-refractivity contribution is 7.03. The first kappa shape index (κ1) is 12.7. The molecule has 2 rings (SSSR count). The lowest BCUT2D eigenvalue weighted by Gasteiger charge is -2.11. The van der Waals surface area contributed by atoms with Crippen LogP contribution in [0.2, 0.25) is 0 Å². The highest BCUT2D eigenvalue weighted by Gasteiger charge is 2.11. The Labute approximate surface area is 109 Å². The minimum absolute atomic E-state index is 0.200. The number of aliphatic hydroxyl groups is 1. The van der Waals surface area contributed by atoms with Crippen LogP contribution < -0.4 is 5.32 Å². The van der Waals surface area contributed by atoms with Crippen LogP contribution in [-0.4, -0.2) is 33.2 Å². The van der Waals surface area contributed by atoms with E-state index in [-0.39, 0.29) is 18.1 Å². The van der Waals surface area contributed by atoms with Crippen molar-refractivity contribution in [3.8, 4) is 0 Å². The van der Waals surface area contributed by atoms with Crippen molar-refractivity contribution in [3.63, 3.8) is 0 Å². The number of nitrogens with zero attached hydrogens (tertiary/aromatic N) is 2. The Bertz CT molecular complexity index is 487. The van der Waals surface area contributed by atoms with Crippen LogP contribution in [0.3, 0.4) is 0 Å². The monoisotopic (exact) mass is 263 g/mol. The fourth-order valence-corrected chi connectivity index (χ4v) is 1.96. The smallest absolute Gasteiger partial charge is 0.272 e. The van der Waals surface area contributed by atoms with Crippen molar-refractivity contribution < 1.29 is 9.90 Å². The number of benzene rings is 1. The molecule has 0 radical (unpaired) electrons. The molecule has 0 spiro atoms. The Balaban J connectivity index is 1.78. The van der Waals surface area contributed by atoms with E-state index in [1.807, 2.05) is 30.3 Å². The van der Waals surface area contributed by atoms with E-state index < -0.39 is 6.10 Å². The maximum Gasteiger partial charge on any atom is 0.272 e. The summed E-state index contributed by atoms with van der Waals surface area (Å²) in [6.45, 7) is 0.200. The molecule has 1 heterocycles. The maximum absolute atomic E-state index is 11.5. The molecule has 6 heteroatoms. The van der Waals surface area contributed by atoms with Gasteiger partial charge in [0, 0.05) is 18.3 Å². The predicted octanol–water partition coefficient (Wildman–Crippen LogP) is 0.871. The zero-order chi connectivity index (χ0) is 12.8. The van der Waals surface area contributed by atoms with Crippen LogP contribution in [0.15, 0.2) is 35.7 Å². The summed E-state index contributed by atoms with van der Waals surface area (Å²) in [5.41, 5.74) is 1.32. The van der Waals surface area contributed by atoms with Crippen LogP contribution in [0, 0.1) is 0 Å². The predicted molar refractivity (Wildman–Crippen MR) is 68.4 cm³/mol. The maximum atomic E-state index is 11.5. The fourth-order valence-electron chi connectivity index (χ4n) is 1.52. The summed E-state index contributed by atoms with van der Waals surface area (Å²) >= 11 is 1.12. The lowest BCUT2D eigenvalue weighted by molar-refractivity contribution is 0.0911. The largest absolute Gasteiger partial charge is 0.391 e. The topological polar surface area (TPSA) is 75.1 Å². The fraction of sp³-hybridized carbons (Fsp3) is 0.250. The van der Waals surface area contributed by atoms with Gasteiger partial charge in [-0.25, -0.2) is 0 Å². The van der Waals surface area contributed by atoms with Crippen molar-refractivity contribution in [3.05, 3.63) is 47.0 Å². The van der Waals surface area contributed by atoms with Gasteiger partial charge >= 0.3 is 0 Å². The average molecular weight is 263 g/mol. The second kappa shape index (κ2) is 6.23. The number of hydrogen-bond acceptors (Lipinski definition) is 5. The number of nitrogens with one attached hydrogen (secondary N) is 1. The standard InChI is InChI=1S/C12H13N3O2S/c16-10(6-9-4-2-1-3-5-9)7-13-12(17)11-8-18-15-14-11/h1-5,8,10,16H,6-7H2,(H,13,17). The summed E-state index contributed by atoms with van der Waals surface area (Å²) in [6.07, 6.45) is -0.0980. The van der Waals surface area contributed by atoms with Gasteiger partial charge < -0.3 is 10.4 Å². The highest BCUT2D eigenvalue weighted by atomic mass is 32.1. The Morgan fingerprint density at radius 3 is 2.83 bits per heavy atom. The van der Waals surface area contributed by atoms with Gasteiger partial charge in [-0.15, -0.1) is 5.10 Å². The van der Waals surface area contributed by atoms with E-state index in [1.54, 1.807) is 5.38 Å². The molecule has 0 aliphatic carbocycles. The van der Waals surface area contributed by atoms with E-state index in [1.165, 1.54) is 0 Å². The van der Waals surface area contributed by atoms with E-state index in [9.17, 15) is 9.90 Å². The molecule has 1 aromatic heterocycles. The third-order valence-electron chi connectivity index (χ3n) is 2.41. The van der Waals surface area contributed by atoms with Gasteiger partial charge in [0.15, 0.2) is 5.69 Å². The summed E-state index contributed by atoms with van der Waals surface area (Å²) in [5, 5.41) is 17.6. The second-order valence-corrected chi connectivity index (χ2v) is 4.45. The quantitative estimate of drug-likeness (QED) is 0.839. The van der Waals surface area contributed by atoms with Crippen molar-refractivity contribution in [2.45, 2.75) is 12.5 Å². The van der Waals surface area contributed by atoms with Crippen LogP contribution in [-0.2, 0) is 6.42 Å². The van der Waals surface area contributed by atoms with E-state index in [0.29, 0.717) is 6.42 Å². The molecule has 94 valence electrons. The molecule has 0 aliphatic heterocycles. The van der Waals surface area contributed by atoms with Crippen molar-refractivity contribution in [2.24, 2.45) is 0 Å². The first-order valence-corrected chi connectivity index (χ1v) is 6.36. The van der Waals surface area contributed by atoms with Gasteiger partial charge in [0.25, 0.3) is 5.91 Å². The first-order chi connectivity index (χ1) is 8.75. The minimum atomic E-state index is -0.608. The van der Waals surface area contributed by atoms with Crippen molar-refractivity contribution in [1.82, 2.24) is 14.9 Å². The number of aliphatic hydroxyl groups excluding tert-OH is 1. The molecule has 1 unspecified atom stereocenters. The van der Waals surface area contributed by atoms with Crippen molar-refractivity contribution in [2.75, 3.05) is 6.54 Å². The van der Waals surface area contributed by atoms with Gasteiger partial charge in [-0.1, -0.05) is 34.8 Å². The van der Waals surface area contributed by atoms with Gasteiger partial charge in [-0.2, -0.15) is 0 Å². The summed E-state index contributed by atoms with van der Waals surface area (Å²) < 4.78 is 3.61. The summed E-state index contributed by atoms with van der Waals surface area (Å²) in [4.78, 5) is 11.5. The molecule has 2 aromatic rings. The molecule has 1 atom stereocenters. The van der Waals surface area contributed by atoms with Crippen LogP contribution in [0.5, 0.6) is 0 Å². The minimum Gasteiger partial charge on any atom is -0.391 e. The Kier molecular flexibility index (Phi) is 4.38. The van der Waals surface area contributed by atoms with E-state index in [4.69, 9.17) is 0 Å². The molecule has 0 saturated carbocycles. The molecule has 5 nitrogen and oxygen atoms in total. The summed E-state index contributed by atoms with van der Waals surface area (Å²) in [6, 6.07) is 9.64. The van der Waals surface area contributed by atoms with Crippen molar-refractivity contribution >= 4 is 17.4 Å². The zero-order valence-corrected chi connectivity index (χ0v) is 10.4. The number of amides is 1. The van der Waals surface area contributed by atoms with Crippen LogP contribution >= 0.6 is 11.5 Å². The van der Waals surface area contributed by atoms with E-state index in [2.05, 4.69) is 14.9 Å². The second-order valence-electron chi connectivity index (χ2n) is 3.84. The van der Waals surface area contributed by atoms with Gasteiger partial charge in [0.2, 0.25) is 0 Å². The molecule has 0 bridgehead atoms. The molecule has 0 fully saturated rings. The normalized spacial score (nSPS) is 12.1. The first-order valence-electron chi connectivity index (χ1n) is 5.53. The number of carbonyl (C=O) groups is 1. The Hall–Kier alpha value is -1.79. The van der Waals surface area contributed by atoms with Gasteiger partial charge in [-0.05, 0) is 17.1 Å². The van der Waals surface area contributed by atoms with Gasteiger partial charge in [0.05, 0.1) is 6.10 Å². The van der Waals surface area contributed by atoms with E-state index >= 15 is 0 Å². The van der Waals surface area contributed by atoms with Crippen molar-refractivity contribution in [1.29, 1.82) is 0 Å². The van der Waals surface area contributed by atoms with Crippen LogP contribution in [0.1, 0.15) is 16.1 Å². The number of hydrogen-bond donors (Lipinski definition) is 2. The van der Waals surface area contributed by atoms with Crippen LogP contribution in [0.4, 0.5) is 0 Å². The average Bonchev–Trinajstić information content (AvgIpc) is 2.91. The molecule has 18 heavy (non-hydrogen) atoms. The Morgan fingerprint density at radius 1 is 1.39 bits per heavy atom. The molecule has 1 amide bonds. The molecule has 0 aliphatic rings. The lowest BCUT2D eigenvalue weighted by Crippen LogP contribution is -2.33.